The third-order valence-electron chi connectivity index (χ3n) is 7.73. The van der Waals surface area contributed by atoms with Gasteiger partial charge in [-0.15, -0.1) is 11.3 Å². The molecule has 0 unspecified atom stereocenters. The van der Waals surface area contributed by atoms with Crippen LogP contribution in [0.3, 0.4) is 0 Å². The number of benzene rings is 2. The Morgan fingerprint density at radius 2 is 1.63 bits per heavy atom. The lowest BCUT2D eigenvalue weighted by atomic mass is 9.89. The zero-order valence-electron chi connectivity index (χ0n) is 24.7. The Bertz CT molecular complexity index is 1710. The van der Waals surface area contributed by atoms with Crippen LogP contribution in [0.1, 0.15) is 48.7 Å². The van der Waals surface area contributed by atoms with Crippen molar-refractivity contribution < 1.29 is 0 Å². The molecule has 1 fully saturated rings. The fraction of sp³-hybridized carbons (Fsp3) is 0.333. The molecule has 6 rings (SSSR count). The highest BCUT2D eigenvalue weighted by molar-refractivity contribution is 7.15. The fourth-order valence-corrected chi connectivity index (χ4v) is 6.20. The molecule has 212 valence electrons. The van der Waals surface area contributed by atoms with Gasteiger partial charge < -0.3 is 10.2 Å². The van der Waals surface area contributed by atoms with Gasteiger partial charge in [0.2, 0.25) is 5.95 Å². The highest BCUT2D eigenvalue weighted by Gasteiger charge is 2.18. The van der Waals surface area contributed by atoms with Crippen LogP contribution in [0, 0.1) is 13.8 Å². The molecule has 0 spiro atoms. The number of hydrogen-bond acceptors (Lipinski definition) is 7. The second-order valence-electron chi connectivity index (χ2n) is 10.5. The summed E-state index contributed by atoms with van der Waals surface area (Å²) in [6, 6.07) is 16.7. The normalized spacial score (nSPS) is 14.1. The van der Waals surface area contributed by atoms with Crippen LogP contribution >= 0.6 is 11.3 Å². The van der Waals surface area contributed by atoms with Crippen molar-refractivity contribution in [1.82, 2.24) is 24.4 Å². The fourth-order valence-electron chi connectivity index (χ4n) is 5.42. The number of nitrogens with one attached hydrogen (secondary N) is 1. The molecule has 0 saturated carbocycles. The first kappa shape index (κ1) is 28.6. The Balaban J connectivity index is 0.00000165. The molecule has 7 nitrogen and oxygen atoms in total. The number of nitrogens with zero attached hydrogens (tertiary/aromatic N) is 5. The first-order valence-corrected chi connectivity index (χ1v) is 15.1. The molecule has 5 aromatic rings. The summed E-state index contributed by atoms with van der Waals surface area (Å²) < 4.78 is 1.61. The molecule has 0 atom stereocenters. The molecule has 3 aromatic heterocycles. The molecule has 2 aromatic carbocycles. The summed E-state index contributed by atoms with van der Waals surface area (Å²) in [5.41, 5.74) is 6.53. The number of likely N-dealkylation sites (tertiary alicyclic amines) is 1. The van der Waals surface area contributed by atoms with E-state index in [2.05, 4.69) is 63.6 Å². The van der Waals surface area contributed by atoms with Crippen LogP contribution in [0.4, 0.5) is 11.6 Å². The zero-order chi connectivity index (χ0) is 29.1. The number of piperidine rings is 1. The highest BCUT2D eigenvalue weighted by atomic mass is 32.1. The maximum Gasteiger partial charge on any atom is 0.259 e. The third-order valence-corrected chi connectivity index (χ3v) is 8.69. The monoisotopic (exact) mass is 566 g/mol. The van der Waals surface area contributed by atoms with Gasteiger partial charge in [0.05, 0.1) is 9.88 Å². The lowest BCUT2D eigenvalue weighted by Crippen LogP contribution is -2.29. The van der Waals surface area contributed by atoms with Crippen LogP contribution in [-0.4, -0.2) is 44.6 Å². The van der Waals surface area contributed by atoms with E-state index in [9.17, 15) is 4.79 Å². The average Bonchev–Trinajstić information content (AvgIpc) is 3.43. The van der Waals surface area contributed by atoms with Crippen LogP contribution in [0.2, 0.25) is 0 Å². The number of aryl methyl sites for hydroxylation is 3. The summed E-state index contributed by atoms with van der Waals surface area (Å²) >= 11 is 1.67. The molecule has 0 radical (unpaired) electrons. The highest BCUT2D eigenvalue weighted by Crippen LogP contribution is 2.32. The van der Waals surface area contributed by atoms with Gasteiger partial charge in [0.1, 0.15) is 5.65 Å². The van der Waals surface area contributed by atoms with Gasteiger partial charge in [0, 0.05) is 36.1 Å². The second kappa shape index (κ2) is 12.3. The Morgan fingerprint density at radius 1 is 0.902 bits per heavy atom. The van der Waals surface area contributed by atoms with Crippen LogP contribution in [0.15, 0.2) is 65.7 Å². The standard InChI is InChI=1S/C31H32N6OS.C2H6/c1-19-15-23(28-18-32-20(2)39-28)7-10-26(19)27-16-24-17-33-31(35-29(24)37(4)30(27)38)34-25-8-5-21(6-9-25)22-11-13-36(3)14-12-22;1-2/h5-10,15-18,22H,11-14H2,1-4H3,(H,33,34,35);1-2H3. The molecular formula is C33H38N6OS. The van der Waals surface area contributed by atoms with Gasteiger partial charge in [-0.25, -0.2) is 9.97 Å². The van der Waals surface area contributed by atoms with Gasteiger partial charge in [0.15, 0.2) is 0 Å². The minimum Gasteiger partial charge on any atom is -0.324 e. The quantitative estimate of drug-likeness (QED) is 0.240. The minimum atomic E-state index is -0.0842. The largest absolute Gasteiger partial charge is 0.324 e. The molecular weight excluding hydrogens is 528 g/mol. The first-order valence-electron chi connectivity index (χ1n) is 14.3. The van der Waals surface area contributed by atoms with E-state index in [1.165, 1.54) is 18.4 Å². The predicted octanol–water partition coefficient (Wildman–Crippen LogP) is 7.31. The van der Waals surface area contributed by atoms with Gasteiger partial charge in [0.25, 0.3) is 5.56 Å². The number of pyridine rings is 1. The summed E-state index contributed by atoms with van der Waals surface area (Å²) in [4.78, 5) is 30.6. The van der Waals surface area contributed by atoms with E-state index in [1.54, 1.807) is 29.1 Å². The minimum absolute atomic E-state index is 0.0842. The molecule has 0 aliphatic carbocycles. The lowest BCUT2D eigenvalue weighted by Gasteiger charge is -2.29. The van der Waals surface area contributed by atoms with Crippen molar-refractivity contribution in [2.45, 2.75) is 46.5 Å². The molecule has 1 N–H and O–H groups in total. The summed E-state index contributed by atoms with van der Waals surface area (Å²) in [5.74, 6) is 1.09. The second-order valence-corrected chi connectivity index (χ2v) is 11.7. The molecule has 1 aliphatic rings. The summed E-state index contributed by atoms with van der Waals surface area (Å²) in [6.45, 7) is 10.3. The molecule has 0 amide bonds. The SMILES string of the molecule is CC.Cc1ncc(-c2ccc(-c3cc4cnc(Nc5ccc(C6CCN(C)CC6)cc5)nc4n(C)c3=O)c(C)c2)s1. The topological polar surface area (TPSA) is 75.9 Å². The van der Waals surface area contributed by atoms with Gasteiger partial charge in [-0.3, -0.25) is 9.36 Å². The molecule has 1 aliphatic heterocycles. The summed E-state index contributed by atoms with van der Waals surface area (Å²) in [5, 5.41) is 5.16. The van der Waals surface area contributed by atoms with Crippen molar-refractivity contribution in [1.29, 1.82) is 0 Å². The van der Waals surface area contributed by atoms with E-state index < -0.39 is 0 Å². The molecule has 4 heterocycles. The van der Waals surface area contributed by atoms with Crippen LogP contribution < -0.4 is 10.9 Å². The van der Waals surface area contributed by atoms with Crippen molar-refractivity contribution in [3.63, 3.8) is 0 Å². The molecule has 41 heavy (non-hydrogen) atoms. The number of anilines is 2. The van der Waals surface area contributed by atoms with Crippen molar-refractivity contribution >= 4 is 34.0 Å². The van der Waals surface area contributed by atoms with E-state index in [-0.39, 0.29) is 5.56 Å². The number of hydrogen-bond donors (Lipinski definition) is 1. The van der Waals surface area contributed by atoms with Gasteiger partial charge >= 0.3 is 0 Å². The lowest BCUT2D eigenvalue weighted by molar-refractivity contribution is 0.255. The van der Waals surface area contributed by atoms with Crippen molar-refractivity contribution in [3.8, 4) is 21.6 Å². The number of aromatic nitrogens is 4. The smallest absolute Gasteiger partial charge is 0.259 e. The Morgan fingerprint density at radius 3 is 2.29 bits per heavy atom. The van der Waals surface area contributed by atoms with Gasteiger partial charge in [-0.05, 0) is 99.3 Å². The average molecular weight is 567 g/mol. The first-order chi connectivity index (χ1) is 19.9. The van der Waals surface area contributed by atoms with Crippen molar-refractivity contribution in [3.05, 3.63) is 87.4 Å². The number of thiazole rings is 1. The molecule has 8 heteroatoms. The van der Waals surface area contributed by atoms with Crippen LogP contribution in [-0.2, 0) is 7.05 Å². The molecule has 1 saturated heterocycles. The number of fused-ring (bicyclic) bond motifs is 1. The van der Waals surface area contributed by atoms with E-state index in [4.69, 9.17) is 4.98 Å². The zero-order valence-corrected chi connectivity index (χ0v) is 25.5. The van der Waals surface area contributed by atoms with E-state index in [1.807, 2.05) is 46.0 Å². The van der Waals surface area contributed by atoms with Crippen molar-refractivity contribution in [2.24, 2.45) is 7.05 Å². The Hall–Kier alpha value is -3.88. The number of rotatable bonds is 5. The summed E-state index contributed by atoms with van der Waals surface area (Å²) in [7, 11) is 3.96. The van der Waals surface area contributed by atoms with E-state index >= 15 is 0 Å². The van der Waals surface area contributed by atoms with Crippen LogP contribution in [0.5, 0.6) is 0 Å². The van der Waals surface area contributed by atoms with Gasteiger partial charge in [-0.2, -0.15) is 4.98 Å². The maximum absolute atomic E-state index is 13.4. The van der Waals surface area contributed by atoms with Gasteiger partial charge in [-0.1, -0.05) is 38.1 Å². The Kier molecular flexibility index (Phi) is 8.61. The third kappa shape index (κ3) is 6.09. The summed E-state index contributed by atoms with van der Waals surface area (Å²) in [6.07, 6.45) is 6.08. The maximum atomic E-state index is 13.4. The molecule has 0 bridgehead atoms. The Labute approximate surface area is 245 Å². The predicted molar refractivity (Wildman–Crippen MR) is 171 cm³/mol. The van der Waals surface area contributed by atoms with E-state index in [0.717, 1.165) is 50.7 Å². The van der Waals surface area contributed by atoms with Crippen LogP contribution in [0.25, 0.3) is 32.6 Å². The van der Waals surface area contributed by atoms with E-state index in [0.29, 0.717) is 23.1 Å². The van der Waals surface area contributed by atoms with Crippen molar-refractivity contribution in [2.75, 3.05) is 25.5 Å².